The molecule has 318 valence electrons. The predicted octanol–water partition coefficient (Wildman–Crippen LogP) is 18.4. The molecule has 0 spiro atoms. The number of aromatic nitrogens is 1. The van der Waals surface area contributed by atoms with Gasteiger partial charge in [0, 0.05) is 33.5 Å². The van der Waals surface area contributed by atoms with Gasteiger partial charge in [-0.2, -0.15) is 0 Å². The minimum Gasteiger partial charge on any atom is -0.310 e. The molecule has 0 fully saturated rings. The molecule has 0 saturated carbocycles. The summed E-state index contributed by atoms with van der Waals surface area (Å²) in [4.78, 5) is 2.42. The van der Waals surface area contributed by atoms with E-state index in [0.29, 0.717) is 0 Å². The summed E-state index contributed by atoms with van der Waals surface area (Å²) in [6.07, 6.45) is 0. The lowest BCUT2D eigenvalue weighted by Crippen LogP contribution is -2.10. The molecule has 0 radical (unpaired) electrons. The smallest absolute Gasteiger partial charge is 0.0547 e. The van der Waals surface area contributed by atoms with Crippen molar-refractivity contribution in [1.82, 2.24) is 4.57 Å². The number of hydrogen-bond donors (Lipinski definition) is 0. The third-order valence-corrected chi connectivity index (χ3v) is 13.7. The van der Waals surface area contributed by atoms with Crippen molar-refractivity contribution in [2.75, 3.05) is 4.90 Å². The lowest BCUT2D eigenvalue weighted by atomic mass is 9.84. The highest BCUT2D eigenvalue weighted by Crippen LogP contribution is 2.47. The van der Waals surface area contributed by atoms with Crippen LogP contribution in [0.4, 0.5) is 17.1 Å². The van der Waals surface area contributed by atoms with E-state index in [2.05, 4.69) is 276 Å². The first-order chi connectivity index (χ1) is 33.7. The Bertz CT molecular complexity index is 4020. The number of benzene rings is 12. The van der Waals surface area contributed by atoms with Gasteiger partial charge in [0.2, 0.25) is 0 Å². The van der Waals surface area contributed by atoms with E-state index in [1.165, 1.54) is 87.5 Å². The number of para-hydroxylation sites is 2. The Morgan fingerprint density at radius 3 is 1.53 bits per heavy atom. The number of nitrogens with zero attached hydrogens (tertiary/aromatic N) is 2. The minimum atomic E-state index is 1.08. The zero-order valence-corrected chi connectivity index (χ0v) is 37.3. The zero-order chi connectivity index (χ0) is 45.0. The molecule has 0 amide bonds. The lowest BCUT2D eigenvalue weighted by Gasteiger charge is -2.27. The summed E-state index contributed by atoms with van der Waals surface area (Å²) in [5.41, 5.74) is 16.4. The molecule has 0 unspecified atom stereocenters. The molecule has 13 aromatic rings. The number of rotatable bonds is 8. The Hall–Kier alpha value is -8.98. The summed E-state index contributed by atoms with van der Waals surface area (Å²) >= 11 is 0. The lowest BCUT2D eigenvalue weighted by molar-refractivity contribution is 1.18. The van der Waals surface area contributed by atoms with Gasteiger partial charge in [-0.15, -0.1) is 0 Å². The average molecular weight is 865 g/mol. The quantitative estimate of drug-likeness (QED) is 0.138. The van der Waals surface area contributed by atoms with Crippen LogP contribution in [0.25, 0.3) is 104 Å². The molecule has 0 aliphatic heterocycles. The SMILES string of the molecule is c1ccc(-c2c(-c3ccccc3)c3cc(-c4cccc(N(c5cccc(-c6cccc7c6c6ccccc6n7-c6ccccc6)c5)c5ccc6ccccc6c5)c4)ccc3c3ccccc23)cc1. The van der Waals surface area contributed by atoms with Gasteiger partial charge >= 0.3 is 0 Å². The van der Waals surface area contributed by atoms with E-state index >= 15 is 0 Å². The van der Waals surface area contributed by atoms with Crippen molar-refractivity contribution in [2.45, 2.75) is 0 Å². The van der Waals surface area contributed by atoms with Crippen molar-refractivity contribution < 1.29 is 0 Å². The van der Waals surface area contributed by atoms with Gasteiger partial charge in [-0.3, -0.25) is 0 Å². The van der Waals surface area contributed by atoms with E-state index in [-0.39, 0.29) is 0 Å². The van der Waals surface area contributed by atoms with Crippen LogP contribution in [0.1, 0.15) is 0 Å². The van der Waals surface area contributed by atoms with E-state index in [9.17, 15) is 0 Å². The molecule has 0 atom stereocenters. The Labute approximate surface area is 395 Å². The summed E-state index contributed by atoms with van der Waals surface area (Å²) in [7, 11) is 0. The molecule has 1 heterocycles. The Morgan fingerprint density at radius 2 is 0.779 bits per heavy atom. The Kier molecular flexibility index (Phi) is 9.54. The third kappa shape index (κ3) is 6.65. The molecule has 68 heavy (non-hydrogen) atoms. The van der Waals surface area contributed by atoms with Crippen LogP contribution in [-0.2, 0) is 0 Å². The second-order valence-corrected chi connectivity index (χ2v) is 17.6. The van der Waals surface area contributed by atoms with Crippen LogP contribution in [0.2, 0.25) is 0 Å². The van der Waals surface area contributed by atoms with E-state index in [1.54, 1.807) is 0 Å². The largest absolute Gasteiger partial charge is 0.310 e. The van der Waals surface area contributed by atoms with Crippen LogP contribution in [0.5, 0.6) is 0 Å². The van der Waals surface area contributed by atoms with Crippen LogP contribution >= 0.6 is 0 Å². The van der Waals surface area contributed by atoms with Gasteiger partial charge in [-0.1, -0.05) is 200 Å². The fraction of sp³-hybridized carbons (Fsp3) is 0. The number of fused-ring (bicyclic) bond motifs is 7. The number of hydrogen-bond acceptors (Lipinski definition) is 1. The van der Waals surface area contributed by atoms with Crippen molar-refractivity contribution in [3.8, 4) is 50.2 Å². The van der Waals surface area contributed by atoms with E-state index < -0.39 is 0 Å². The second kappa shape index (κ2) is 16.5. The molecule has 0 saturated heterocycles. The summed E-state index contributed by atoms with van der Waals surface area (Å²) in [6, 6.07) is 97.5. The van der Waals surface area contributed by atoms with Crippen molar-refractivity contribution in [3.05, 3.63) is 267 Å². The molecule has 13 rings (SSSR count). The molecule has 0 aliphatic rings. The van der Waals surface area contributed by atoms with E-state index in [0.717, 1.165) is 33.9 Å². The summed E-state index contributed by atoms with van der Waals surface area (Å²) in [5.74, 6) is 0. The van der Waals surface area contributed by atoms with Gasteiger partial charge in [-0.25, -0.2) is 0 Å². The predicted molar refractivity (Wildman–Crippen MR) is 290 cm³/mol. The Balaban J connectivity index is 1.00. The van der Waals surface area contributed by atoms with Crippen LogP contribution in [0, 0.1) is 0 Å². The first-order valence-electron chi connectivity index (χ1n) is 23.4. The van der Waals surface area contributed by atoms with Gasteiger partial charge in [0.05, 0.1) is 11.0 Å². The molecule has 1 aromatic heterocycles. The van der Waals surface area contributed by atoms with Gasteiger partial charge in [0.25, 0.3) is 0 Å². The van der Waals surface area contributed by atoms with Crippen molar-refractivity contribution in [1.29, 1.82) is 0 Å². The summed E-state index contributed by atoms with van der Waals surface area (Å²) in [5, 5.41) is 9.89. The van der Waals surface area contributed by atoms with Gasteiger partial charge in [0.15, 0.2) is 0 Å². The normalized spacial score (nSPS) is 11.5. The van der Waals surface area contributed by atoms with Crippen LogP contribution < -0.4 is 4.90 Å². The van der Waals surface area contributed by atoms with Crippen molar-refractivity contribution in [3.63, 3.8) is 0 Å². The minimum absolute atomic E-state index is 1.08. The van der Waals surface area contributed by atoms with Crippen LogP contribution in [0.3, 0.4) is 0 Å². The molecular formula is C66H44N2. The summed E-state index contributed by atoms with van der Waals surface area (Å²) in [6.45, 7) is 0. The topological polar surface area (TPSA) is 8.17 Å². The molecule has 2 nitrogen and oxygen atoms in total. The molecule has 0 N–H and O–H groups in total. The maximum Gasteiger partial charge on any atom is 0.0547 e. The Morgan fingerprint density at radius 1 is 0.265 bits per heavy atom. The highest BCUT2D eigenvalue weighted by Gasteiger charge is 2.21. The van der Waals surface area contributed by atoms with Gasteiger partial charge in [0.1, 0.15) is 0 Å². The fourth-order valence-electron chi connectivity index (χ4n) is 10.7. The van der Waals surface area contributed by atoms with Crippen molar-refractivity contribution in [2.24, 2.45) is 0 Å². The van der Waals surface area contributed by atoms with E-state index in [4.69, 9.17) is 0 Å². The third-order valence-electron chi connectivity index (χ3n) is 13.7. The highest BCUT2D eigenvalue weighted by molar-refractivity contribution is 6.22. The maximum absolute atomic E-state index is 2.42. The van der Waals surface area contributed by atoms with Crippen LogP contribution in [0.15, 0.2) is 267 Å². The van der Waals surface area contributed by atoms with Gasteiger partial charge in [-0.05, 0) is 144 Å². The zero-order valence-electron chi connectivity index (χ0n) is 37.3. The molecule has 0 bridgehead atoms. The average Bonchev–Trinajstić information content (AvgIpc) is 3.76. The van der Waals surface area contributed by atoms with E-state index in [1.807, 2.05) is 0 Å². The van der Waals surface area contributed by atoms with Crippen molar-refractivity contribution >= 4 is 71.2 Å². The molecular weight excluding hydrogens is 821 g/mol. The van der Waals surface area contributed by atoms with Gasteiger partial charge < -0.3 is 9.47 Å². The first-order valence-corrected chi connectivity index (χ1v) is 23.4. The number of anilines is 3. The summed E-state index contributed by atoms with van der Waals surface area (Å²) < 4.78 is 2.39. The highest BCUT2D eigenvalue weighted by atomic mass is 15.1. The molecule has 12 aromatic carbocycles. The monoisotopic (exact) mass is 864 g/mol. The second-order valence-electron chi connectivity index (χ2n) is 17.6. The van der Waals surface area contributed by atoms with Crippen LogP contribution in [-0.4, -0.2) is 4.57 Å². The standard InChI is InChI=1S/C66H44N2/c1-4-20-46(21-5-1)64-59-32-13-12-31-57(59)58-40-38-50(44-61(58)65(64)47-22-6-2-7-23-47)49-25-16-29-53(42-49)67(55-39-37-45-19-10-11-24-48(45)41-55)54-30-17-26-51(43-54)56-34-18-36-63-66(56)60-33-14-15-35-62(60)68(63)52-27-8-3-9-28-52/h1-44H. The molecule has 0 aliphatic carbocycles. The maximum atomic E-state index is 2.42. The molecule has 2 heteroatoms. The fourth-order valence-corrected chi connectivity index (χ4v) is 10.7. The first kappa shape index (κ1) is 39.4.